The van der Waals surface area contributed by atoms with Crippen LogP contribution >= 0.6 is 0 Å². The molecule has 1 saturated carbocycles. The molecule has 2 aliphatic rings. The van der Waals surface area contributed by atoms with Gasteiger partial charge < -0.3 is 15.5 Å². The zero-order valence-corrected chi connectivity index (χ0v) is 14.2. The number of likely N-dealkylation sites (tertiary alicyclic amines) is 1. The minimum atomic E-state index is 0.00955. The Hall–Kier alpha value is -1.47. The summed E-state index contributed by atoms with van der Waals surface area (Å²) >= 11 is 0. The third kappa shape index (κ3) is 3.72. The van der Waals surface area contributed by atoms with Gasteiger partial charge >= 0.3 is 0 Å². The van der Waals surface area contributed by atoms with Crippen LogP contribution in [0.15, 0.2) is 6.20 Å². The molecule has 2 heterocycles. The van der Waals surface area contributed by atoms with Crippen LogP contribution in [0.2, 0.25) is 0 Å². The molecular formula is C16H28N6O. The second-order valence-electron chi connectivity index (χ2n) is 7.16. The van der Waals surface area contributed by atoms with E-state index in [2.05, 4.69) is 29.3 Å². The smallest absolute Gasteiger partial charge is 0.276 e. The summed E-state index contributed by atoms with van der Waals surface area (Å²) in [6, 6.07) is 1.08. The van der Waals surface area contributed by atoms with Crippen LogP contribution in [0.25, 0.3) is 0 Å². The van der Waals surface area contributed by atoms with E-state index in [9.17, 15) is 4.79 Å². The number of likely N-dealkylation sites (N-methyl/N-ethyl adjacent to an activating group) is 1. The molecule has 0 spiro atoms. The van der Waals surface area contributed by atoms with Crippen LogP contribution in [0, 0.1) is 0 Å². The van der Waals surface area contributed by atoms with Gasteiger partial charge in [0, 0.05) is 25.2 Å². The summed E-state index contributed by atoms with van der Waals surface area (Å²) in [5, 5.41) is 8.34. The van der Waals surface area contributed by atoms with Crippen molar-refractivity contribution in [3.8, 4) is 0 Å². The number of nitrogens with zero attached hydrogens (tertiary/aromatic N) is 5. The molecule has 0 bridgehead atoms. The lowest BCUT2D eigenvalue weighted by Crippen LogP contribution is -2.47. The summed E-state index contributed by atoms with van der Waals surface area (Å²) in [5.74, 6) is 0.00955. The molecule has 7 heteroatoms. The fraction of sp³-hybridized carbons (Fsp3) is 0.812. The Morgan fingerprint density at radius 2 is 2.00 bits per heavy atom. The van der Waals surface area contributed by atoms with Gasteiger partial charge in [-0.1, -0.05) is 5.21 Å². The van der Waals surface area contributed by atoms with Gasteiger partial charge in [-0.3, -0.25) is 4.79 Å². The third-order valence-corrected chi connectivity index (χ3v) is 5.26. The van der Waals surface area contributed by atoms with E-state index in [-0.39, 0.29) is 5.91 Å². The van der Waals surface area contributed by atoms with Gasteiger partial charge in [-0.2, -0.15) is 0 Å². The van der Waals surface area contributed by atoms with Crippen molar-refractivity contribution < 1.29 is 4.79 Å². The molecule has 0 aromatic carbocycles. The van der Waals surface area contributed by atoms with E-state index in [4.69, 9.17) is 5.73 Å². The van der Waals surface area contributed by atoms with Gasteiger partial charge in [-0.05, 0) is 52.6 Å². The highest BCUT2D eigenvalue weighted by Crippen LogP contribution is 2.27. The first kappa shape index (κ1) is 16.4. The predicted molar refractivity (Wildman–Crippen MR) is 88.1 cm³/mol. The van der Waals surface area contributed by atoms with Crippen molar-refractivity contribution in [2.75, 3.05) is 27.2 Å². The number of carbonyl (C=O) groups excluding carboxylic acids is 1. The van der Waals surface area contributed by atoms with Gasteiger partial charge in [0.15, 0.2) is 5.69 Å². The lowest BCUT2D eigenvalue weighted by molar-refractivity contribution is 0.0629. The highest BCUT2D eigenvalue weighted by Gasteiger charge is 2.28. The van der Waals surface area contributed by atoms with Gasteiger partial charge in [0.25, 0.3) is 5.91 Å². The van der Waals surface area contributed by atoms with E-state index in [0.717, 1.165) is 51.6 Å². The largest absolute Gasteiger partial charge is 0.336 e. The molecule has 1 aliphatic carbocycles. The summed E-state index contributed by atoms with van der Waals surface area (Å²) in [5.41, 5.74) is 6.42. The maximum atomic E-state index is 12.7. The number of hydrogen-bond acceptors (Lipinski definition) is 5. The lowest BCUT2D eigenvalue weighted by atomic mass is 9.92. The molecule has 0 radical (unpaired) electrons. The van der Waals surface area contributed by atoms with Crippen LogP contribution in [0.3, 0.4) is 0 Å². The summed E-state index contributed by atoms with van der Waals surface area (Å²) in [6.07, 6.45) is 8.09. The lowest BCUT2D eigenvalue weighted by Gasteiger charge is -2.35. The number of carbonyl (C=O) groups is 1. The minimum Gasteiger partial charge on any atom is -0.336 e. The van der Waals surface area contributed by atoms with Crippen molar-refractivity contribution in [3.63, 3.8) is 0 Å². The first-order chi connectivity index (χ1) is 11.0. The van der Waals surface area contributed by atoms with Gasteiger partial charge in [0.05, 0.1) is 12.2 Å². The zero-order chi connectivity index (χ0) is 16.4. The van der Waals surface area contributed by atoms with Crippen molar-refractivity contribution in [1.82, 2.24) is 24.8 Å². The van der Waals surface area contributed by atoms with Crippen molar-refractivity contribution in [3.05, 3.63) is 11.9 Å². The van der Waals surface area contributed by atoms with E-state index < -0.39 is 0 Å². The Balaban J connectivity index is 1.64. The normalized spacial score (nSPS) is 29.0. The van der Waals surface area contributed by atoms with Crippen LogP contribution in [-0.2, 0) is 0 Å². The Kier molecular flexibility index (Phi) is 4.96. The molecular weight excluding hydrogens is 292 g/mol. The van der Waals surface area contributed by atoms with E-state index in [1.54, 1.807) is 0 Å². The Morgan fingerprint density at radius 1 is 1.26 bits per heavy atom. The molecule has 128 valence electrons. The standard InChI is InChI=1S/C16H28N6O/c1-20(2)14-4-3-9-21(10-14)16(23)15-11-22(19-18-15)13-7-5-12(17)6-8-13/h11-14H,3-10,17H2,1-2H3. The molecule has 7 nitrogen and oxygen atoms in total. The molecule has 1 amide bonds. The van der Waals surface area contributed by atoms with Crippen LogP contribution in [0.1, 0.15) is 55.1 Å². The minimum absolute atomic E-state index is 0.00955. The summed E-state index contributed by atoms with van der Waals surface area (Å²) in [6.45, 7) is 1.59. The molecule has 3 rings (SSSR count). The van der Waals surface area contributed by atoms with E-state index in [1.807, 2.05) is 15.8 Å². The predicted octanol–water partition coefficient (Wildman–Crippen LogP) is 0.887. The molecule has 1 aromatic heterocycles. The molecule has 1 aliphatic heterocycles. The van der Waals surface area contributed by atoms with E-state index >= 15 is 0 Å². The Morgan fingerprint density at radius 3 is 2.70 bits per heavy atom. The topological polar surface area (TPSA) is 80.3 Å². The first-order valence-electron chi connectivity index (χ1n) is 8.67. The maximum absolute atomic E-state index is 12.7. The number of amides is 1. The monoisotopic (exact) mass is 320 g/mol. The molecule has 2 N–H and O–H groups in total. The Labute approximate surface area is 137 Å². The van der Waals surface area contributed by atoms with Crippen molar-refractivity contribution >= 4 is 5.91 Å². The molecule has 1 unspecified atom stereocenters. The van der Waals surface area contributed by atoms with Gasteiger partial charge in [-0.15, -0.1) is 5.10 Å². The van der Waals surface area contributed by atoms with Crippen LogP contribution in [-0.4, -0.2) is 70.0 Å². The third-order valence-electron chi connectivity index (χ3n) is 5.26. The van der Waals surface area contributed by atoms with Gasteiger partial charge in [0.1, 0.15) is 0 Å². The fourth-order valence-electron chi connectivity index (χ4n) is 3.64. The number of hydrogen-bond donors (Lipinski definition) is 1. The van der Waals surface area contributed by atoms with Gasteiger partial charge in [0.2, 0.25) is 0 Å². The first-order valence-corrected chi connectivity index (χ1v) is 8.67. The summed E-state index contributed by atoms with van der Waals surface area (Å²) < 4.78 is 1.87. The van der Waals surface area contributed by atoms with Crippen LogP contribution < -0.4 is 5.73 Å². The number of piperidine rings is 1. The Bertz CT molecular complexity index is 534. The van der Waals surface area contributed by atoms with E-state index in [0.29, 0.717) is 23.8 Å². The van der Waals surface area contributed by atoms with Crippen molar-refractivity contribution in [2.24, 2.45) is 5.73 Å². The quantitative estimate of drug-likeness (QED) is 0.894. The zero-order valence-electron chi connectivity index (χ0n) is 14.2. The second kappa shape index (κ2) is 6.97. The highest BCUT2D eigenvalue weighted by atomic mass is 16.2. The van der Waals surface area contributed by atoms with Crippen LogP contribution in [0.5, 0.6) is 0 Å². The van der Waals surface area contributed by atoms with Crippen LogP contribution in [0.4, 0.5) is 0 Å². The number of nitrogens with two attached hydrogens (primary N) is 1. The number of rotatable bonds is 3. The highest BCUT2D eigenvalue weighted by molar-refractivity contribution is 5.92. The van der Waals surface area contributed by atoms with E-state index in [1.165, 1.54) is 0 Å². The summed E-state index contributed by atoms with van der Waals surface area (Å²) in [4.78, 5) is 16.8. The second-order valence-corrected chi connectivity index (χ2v) is 7.16. The average Bonchev–Trinajstić information content (AvgIpc) is 3.05. The summed E-state index contributed by atoms with van der Waals surface area (Å²) in [7, 11) is 4.14. The van der Waals surface area contributed by atoms with Crippen molar-refractivity contribution in [1.29, 1.82) is 0 Å². The molecule has 2 fully saturated rings. The SMILES string of the molecule is CN(C)C1CCCN(C(=O)c2cn(C3CCC(N)CC3)nn2)C1. The van der Waals surface area contributed by atoms with Gasteiger partial charge in [-0.25, -0.2) is 4.68 Å². The molecule has 1 saturated heterocycles. The number of aromatic nitrogens is 3. The molecule has 23 heavy (non-hydrogen) atoms. The maximum Gasteiger partial charge on any atom is 0.276 e. The fourth-order valence-corrected chi connectivity index (χ4v) is 3.64. The molecule has 1 atom stereocenters. The molecule has 1 aromatic rings. The average molecular weight is 320 g/mol. The van der Waals surface area contributed by atoms with Crippen molar-refractivity contribution in [2.45, 2.75) is 56.7 Å².